The predicted octanol–water partition coefficient (Wildman–Crippen LogP) is 7.82. The molecule has 1 N–H and O–H groups in total. The lowest BCUT2D eigenvalue weighted by Gasteiger charge is -2.23. The maximum atomic E-state index is 4.94. The number of fused-ring (bicyclic) bond motifs is 1. The summed E-state index contributed by atoms with van der Waals surface area (Å²) in [4.78, 5) is 16.1. The van der Waals surface area contributed by atoms with E-state index in [1.165, 1.54) is 74.7 Å². The third-order valence-corrected chi connectivity index (χ3v) is 7.65. The Balaban J connectivity index is 0.000000339. The third-order valence-electron chi connectivity index (χ3n) is 7.65. The van der Waals surface area contributed by atoms with Crippen LogP contribution in [0.5, 0.6) is 0 Å². The fraction of sp³-hybridized carbons (Fsp3) is 0.406. The fourth-order valence-electron chi connectivity index (χ4n) is 5.38. The van der Waals surface area contributed by atoms with E-state index in [1.807, 2.05) is 18.3 Å². The molecule has 38 heavy (non-hydrogen) atoms. The SMILES string of the molecule is CCc1ccc(-c2cn(C3CCCCC3)c3nc(Nc4cccnc4)ncc23)cc1.CN1CCC=CCC1.[HH]. The largest absolute Gasteiger partial charge is 0.329 e. The van der Waals surface area contributed by atoms with Crippen LogP contribution in [0, 0.1) is 0 Å². The number of nitrogens with one attached hydrogen (secondary N) is 1. The number of anilines is 2. The van der Waals surface area contributed by atoms with Gasteiger partial charge in [-0.05, 0) is 62.4 Å². The Hall–Kier alpha value is -3.51. The molecule has 3 aromatic heterocycles. The van der Waals surface area contributed by atoms with E-state index in [2.05, 4.69) is 81.3 Å². The first-order valence-corrected chi connectivity index (χ1v) is 14.2. The summed E-state index contributed by atoms with van der Waals surface area (Å²) in [6, 6.07) is 13.3. The van der Waals surface area contributed by atoms with Crippen LogP contribution in [-0.4, -0.2) is 44.6 Å². The second kappa shape index (κ2) is 12.8. The molecule has 6 rings (SSSR count). The van der Waals surface area contributed by atoms with Gasteiger partial charge in [-0.3, -0.25) is 4.98 Å². The molecule has 1 aromatic carbocycles. The molecule has 1 aliphatic heterocycles. The van der Waals surface area contributed by atoms with Crippen LogP contribution in [0.15, 0.2) is 73.3 Å². The van der Waals surface area contributed by atoms with Crippen molar-refractivity contribution in [1.29, 1.82) is 0 Å². The van der Waals surface area contributed by atoms with E-state index < -0.39 is 0 Å². The van der Waals surface area contributed by atoms with Crippen molar-refractivity contribution in [3.8, 4) is 11.1 Å². The number of hydrogen-bond acceptors (Lipinski definition) is 5. The summed E-state index contributed by atoms with van der Waals surface area (Å²) in [5, 5.41) is 4.40. The second-order valence-electron chi connectivity index (χ2n) is 10.4. The van der Waals surface area contributed by atoms with Crippen LogP contribution < -0.4 is 5.32 Å². The van der Waals surface area contributed by atoms with E-state index in [9.17, 15) is 0 Å². The summed E-state index contributed by atoms with van der Waals surface area (Å²) in [7, 11) is 2.17. The molecule has 0 bridgehead atoms. The van der Waals surface area contributed by atoms with Gasteiger partial charge in [-0.2, -0.15) is 4.98 Å². The molecule has 0 atom stereocenters. The fourth-order valence-corrected chi connectivity index (χ4v) is 5.38. The smallest absolute Gasteiger partial charge is 0.229 e. The van der Waals surface area contributed by atoms with Crippen LogP contribution in [0.4, 0.5) is 11.6 Å². The van der Waals surface area contributed by atoms with E-state index in [1.54, 1.807) is 12.4 Å². The Morgan fingerprint density at radius 2 is 1.74 bits per heavy atom. The van der Waals surface area contributed by atoms with Crippen molar-refractivity contribution in [3.63, 3.8) is 0 Å². The van der Waals surface area contributed by atoms with E-state index in [0.29, 0.717) is 12.0 Å². The highest BCUT2D eigenvalue weighted by atomic mass is 15.2. The second-order valence-corrected chi connectivity index (χ2v) is 10.4. The van der Waals surface area contributed by atoms with Crippen molar-refractivity contribution in [3.05, 3.63) is 78.9 Å². The van der Waals surface area contributed by atoms with Gasteiger partial charge in [0, 0.05) is 50.1 Å². The number of pyridine rings is 1. The number of hydrogen-bond donors (Lipinski definition) is 1. The molecule has 0 unspecified atom stereocenters. The quantitative estimate of drug-likeness (QED) is 0.277. The number of aryl methyl sites for hydroxylation is 1. The van der Waals surface area contributed by atoms with Crippen LogP contribution in [0.2, 0.25) is 0 Å². The number of benzene rings is 1. The average molecular weight is 511 g/mol. The molecule has 2 aliphatic rings. The van der Waals surface area contributed by atoms with E-state index in [-0.39, 0.29) is 1.43 Å². The molecule has 6 heteroatoms. The van der Waals surface area contributed by atoms with Gasteiger partial charge in [0.1, 0.15) is 5.65 Å². The predicted molar refractivity (Wildman–Crippen MR) is 160 cm³/mol. The Kier molecular flexibility index (Phi) is 8.82. The minimum atomic E-state index is 0. The van der Waals surface area contributed by atoms with Crippen LogP contribution in [0.3, 0.4) is 0 Å². The lowest BCUT2D eigenvalue weighted by Crippen LogP contribution is -2.18. The van der Waals surface area contributed by atoms with Gasteiger partial charge >= 0.3 is 0 Å². The van der Waals surface area contributed by atoms with E-state index >= 15 is 0 Å². The zero-order chi connectivity index (χ0) is 26.2. The summed E-state index contributed by atoms with van der Waals surface area (Å²) < 4.78 is 2.40. The van der Waals surface area contributed by atoms with Crippen molar-refractivity contribution in [1.82, 2.24) is 24.4 Å². The lowest BCUT2D eigenvalue weighted by molar-refractivity contribution is 0.354. The van der Waals surface area contributed by atoms with Gasteiger partial charge < -0.3 is 14.8 Å². The van der Waals surface area contributed by atoms with Crippen molar-refractivity contribution >= 4 is 22.7 Å². The maximum absolute atomic E-state index is 4.94. The molecule has 200 valence electrons. The summed E-state index contributed by atoms with van der Waals surface area (Å²) in [6.07, 6.45) is 22.2. The molecule has 1 fully saturated rings. The first-order chi connectivity index (χ1) is 18.7. The highest BCUT2D eigenvalue weighted by Gasteiger charge is 2.21. The van der Waals surface area contributed by atoms with Gasteiger partial charge in [-0.15, -0.1) is 0 Å². The van der Waals surface area contributed by atoms with Crippen molar-refractivity contribution in [2.24, 2.45) is 0 Å². The zero-order valence-corrected chi connectivity index (χ0v) is 22.8. The molecular formula is C32H42N6. The van der Waals surface area contributed by atoms with Crippen molar-refractivity contribution in [2.75, 3.05) is 25.5 Å². The number of nitrogens with zero attached hydrogens (tertiary/aromatic N) is 5. The number of rotatable bonds is 5. The molecule has 0 saturated heterocycles. The highest BCUT2D eigenvalue weighted by Crippen LogP contribution is 2.36. The van der Waals surface area contributed by atoms with Gasteiger partial charge in [-0.25, -0.2) is 4.98 Å². The Labute approximate surface area is 228 Å². The standard InChI is InChI=1S/C25H27N5.C7H13N.H2/c1-2-18-10-12-19(13-11-18)23-17-30(21-8-4-3-5-9-21)24-22(23)16-27-25(29-24)28-20-7-6-14-26-15-20;1-8-6-4-2-3-5-7-8;/h6-7,10-17,21H,2-5,8-9H2,1H3,(H,27,28,29);2-3H,4-7H2,1H3;1H. The van der Waals surface area contributed by atoms with Gasteiger partial charge in [0.2, 0.25) is 5.95 Å². The number of aromatic nitrogens is 4. The summed E-state index contributed by atoms with van der Waals surface area (Å²) in [5.41, 5.74) is 5.70. The first-order valence-electron chi connectivity index (χ1n) is 14.2. The lowest BCUT2D eigenvalue weighted by atomic mass is 9.95. The zero-order valence-electron chi connectivity index (χ0n) is 22.8. The molecule has 0 amide bonds. The van der Waals surface area contributed by atoms with Gasteiger partial charge in [0.25, 0.3) is 0 Å². The van der Waals surface area contributed by atoms with Gasteiger partial charge in [-0.1, -0.05) is 62.6 Å². The Bertz CT molecular complexity index is 1320. The minimum Gasteiger partial charge on any atom is -0.329 e. The highest BCUT2D eigenvalue weighted by molar-refractivity contribution is 5.94. The van der Waals surface area contributed by atoms with Crippen molar-refractivity contribution in [2.45, 2.75) is 64.3 Å². The van der Waals surface area contributed by atoms with Gasteiger partial charge in [0.15, 0.2) is 0 Å². The monoisotopic (exact) mass is 510 g/mol. The van der Waals surface area contributed by atoms with E-state index in [4.69, 9.17) is 4.98 Å². The normalized spacial score (nSPS) is 16.6. The van der Waals surface area contributed by atoms with Crippen LogP contribution >= 0.6 is 0 Å². The third kappa shape index (κ3) is 6.48. The topological polar surface area (TPSA) is 58.9 Å². The molecule has 0 radical (unpaired) electrons. The van der Waals surface area contributed by atoms with E-state index in [0.717, 1.165) is 23.1 Å². The molecule has 4 aromatic rings. The average Bonchev–Trinajstić information content (AvgIpc) is 3.17. The molecule has 6 nitrogen and oxygen atoms in total. The minimum absolute atomic E-state index is 0. The Morgan fingerprint density at radius 1 is 0.974 bits per heavy atom. The Morgan fingerprint density at radius 3 is 2.42 bits per heavy atom. The van der Waals surface area contributed by atoms with Gasteiger partial charge in [0.05, 0.1) is 11.9 Å². The van der Waals surface area contributed by atoms with Crippen LogP contribution in [0.1, 0.15) is 64.9 Å². The summed E-state index contributed by atoms with van der Waals surface area (Å²) >= 11 is 0. The maximum Gasteiger partial charge on any atom is 0.229 e. The molecule has 1 saturated carbocycles. The van der Waals surface area contributed by atoms with Crippen LogP contribution in [0.25, 0.3) is 22.2 Å². The summed E-state index contributed by atoms with van der Waals surface area (Å²) in [6.45, 7) is 4.65. The summed E-state index contributed by atoms with van der Waals surface area (Å²) in [5.74, 6) is 0.610. The molecular weight excluding hydrogens is 468 g/mol. The van der Waals surface area contributed by atoms with Crippen LogP contribution in [-0.2, 0) is 6.42 Å². The first kappa shape index (κ1) is 26.1. The molecule has 1 aliphatic carbocycles. The molecule has 4 heterocycles. The van der Waals surface area contributed by atoms with Crippen molar-refractivity contribution < 1.29 is 1.43 Å². The molecule has 0 spiro atoms.